The van der Waals surface area contributed by atoms with Gasteiger partial charge >= 0.3 is 0 Å². The predicted molar refractivity (Wildman–Crippen MR) is 101 cm³/mol. The fourth-order valence-corrected chi connectivity index (χ4v) is 5.46. The van der Waals surface area contributed by atoms with Crippen molar-refractivity contribution in [3.8, 4) is 11.4 Å². The molecule has 2 aliphatic rings. The number of pyridine rings is 1. The van der Waals surface area contributed by atoms with Crippen LogP contribution in [0, 0.1) is 10.8 Å². The van der Waals surface area contributed by atoms with Crippen LogP contribution in [-0.4, -0.2) is 31.8 Å². The first kappa shape index (κ1) is 18.6. The number of hydrogen-bond donors (Lipinski definition) is 3. The van der Waals surface area contributed by atoms with Crippen LogP contribution in [0.15, 0.2) is 30.6 Å². The molecule has 2 aliphatic carbocycles. The van der Waals surface area contributed by atoms with Gasteiger partial charge in [-0.3, -0.25) is 4.98 Å². The van der Waals surface area contributed by atoms with Gasteiger partial charge < -0.3 is 10.2 Å². The highest BCUT2D eigenvalue weighted by Gasteiger charge is 2.56. The van der Waals surface area contributed by atoms with Gasteiger partial charge in [-0.2, -0.15) is 4.68 Å². The van der Waals surface area contributed by atoms with E-state index >= 15 is 0 Å². The molecular formula is C21H31N4O2+. The SMILES string of the molecule is CC1([n+]2cc(-c3ccccn3)n[nH]2)CCC(C)(C2(C(O)O)CCCC2)CC1. The molecule has 0 saturated heterocycles. The molecule has 2 fully saturated rings. The molecule has 27 heavy (non-hydrogen) atoms. The van der Waals surface area contributed by atoms with Crippen LogP contribution in [0.4, 0.5) is 0 Å². The molecule has 0 bridgehead atoms. The Morgan fingerprint density at radius 2 is 1.70 bits per heavy atom. The van der Waals surface area contributed by atoms with E-state index in [0.29, 0.717) is 0 Å². The summed E-state index contributed by atoms with van der Waals surface area (Å²) in [6.07, 6.45) is 10.7. The minimum atomic E-state index is -1.22. The molecule has 0 unspecified atom stereocenters. The molecule has 0 amide bonds. The lowest BCUT2D eigenvalue weighted by molar-refractivity contribution is -0.815. The van der Waals surface area contributed by atoms with Gasteiger partial charge in [0.05, 0.1) is 0 Å². The summed E-state index contributed by atoms with van der Waals surface area (Å²) >= 11 is 0. The molecule has 2 aromatic rings. The van der Waals surface area contributed by atoms with Gasteiger partial charge in [-0.25, -0.2) is 0 Å². The lowest BCUT2D eigenvalue weighted by Gasteiger charge is -2.52. The van der Waals surface area contributed by atoms with Crippen molar-refractivity contribution in [3.05, 3.63) is 30.6 Å². The summed E-state index contributed by atoms with van der Waals surface area (Å²) in [4.78, 5) is 4.38. The van der Waals surface area contributed by atoms with Crippen molar-refractivity contribution in [1.82, 2.24) is 15.3 Å². The van der Waals surface area contributed by atoms with E-state index in [4.69, 9.17) is 0 Å². The molecule has 0 radical (unpaired) electrons. The molecule has 0 aliphatic heterocycles. The normalized spacial score (nSPS) is 30.7. The van der Waals surface area contributed by atoms with E-state index in [9.17, 15) is 10.2 Å². The van der Waals surface area contributed by atoms with Gasteiger partial charge in [0.25, 0.3) is 5.69 Å². The van der Waals surface area contributed by atoms with Gasteiger partial charge in [0, 0.05) is 16.7 Å². The van der Waals surface area contributed by atoms with Crippen LogP contribution in [0.3, 0.4) is 0 Å². The van der Waals surface area contributed by atoms with Crippen LogP contribution in [0.1, 0.15) is 65.2 Å². The van der Waals surface area contributed by atoms with Gasteiger partial charge in [-0.1, -0.05) is 31.0 Å². The number of rotatable bonds is 4. The Kier molecular flexibility index (Phi) is 4.59. The van der Waals surface area contributed by atoms with E-state index in [-0.39, 0.29) is 16.4 Å². The largest absolute Gasteiger partial charge is 0.368 e. The summed E-state index contributed by atoms with van der Waals surface area (Å²) in [7, 11) is 0. The molecule has 0 spiro atoms. The zero-order chi connectivity index (χ0) is 19.1. The van der Waals surface area contributed by atoms with Gasteiger partial charge in [-0.15, -0.1) is 0 Å². The third kappa shape index (κ3) is 2.99. The zero-order valence-electron chi connectivity index (χ0n) is 16.4. The van der Waals surface area contributed by atoms with E-state index < -0.39 is 6.29 Å². The highest BCUT2D eigenvalue weighted by atomic mass is 16.5. The second kappa shape index (κ2) is 6.67. The first-order valence-electron chi connectivity index (χ1n) is 10.1. The number of H-pyrrole nitrogens is 1. The standard InChI is InChI=1S/C21H30N4O2/c1-19(21(18(26)27)8-4-5-9-21)10-12-20(2,13-11-19)25-15-17(23-24-25)16-7-3-6-14-22-16/h3,6-7,14-15,18,26-27H,4-5,8-13H2,1-2H3/p+1. The van der Waals surface area contributed by atoms with Gasteiger partial charge in [-0.05, 0) is 63.0 Å². The van der Waals surface area contributed by atoms with Gasteiger partial charge in [0.1, 0.15) is 11.2 Å². The van der Waals surface area contributed by atoms with Crippen LogP contribution in [0.5, 0.6) is 0 Å². The van der Waals surface area contributed by atoms with E-state index in [2.05, 4.69) is 40.0 Å². The maximum Gasteiger partial charge on any atom is 0.266 e. The fourth-order valence-electron chi connectivity index (χ4n) is 5.46. The molecule has 2 saturated carbocycles. The summed E-state index contributed by atoms with van der Waals surface area (Å²) in [5.41, 5.74) is 1.31. The molecule has 146 valence electrons. The number of aromatic nitrogens is 4. The number of nitrogens with zero attached hydrogens (tertiary/aromatic N) is 3. The summed E-state index contributed by atoms with van der Waals surface area (Å²) in [5.74, 6) is 0. The molecule has 4 rings (SSSR count). The number of aliphatic hydroxyl groups excluding tert-OH is 1. The van der Waals surface area contributed by atoms with Gasteiger partial charge in [0.15, 0.2) is 12.5 Å². The quantitative estimate of drug-likeness (QED) is 0.570. The molecule has 0 atom stereocenters. The highest BCUT2D eigenvalue weighted by Crippen LogP contribution is 2.60. The van der Waals surface area contributed by atoms with Gasteiger partial charge in [0.2, 0.25) is 0 Å². The molecule has 6 heteroatoms. The summed E-state index contributed by atoms with van der Waals surface area (Å²) < 4.78 is 2.12. The van der Waals surface area contributed by atoms with Crippen LogP contribution >= 0.6 is 0 Å². The smallest absolute Gasteiger partial charge is 0.266 e. The van der Waals surface area contributed by atoms with Crippen LogP contribution in [0.25, 0.3) is 11.4 Å². The molecule has 0 aromatic carbocycles. The predicted octanol–water partition coefficient (Wildman–Crippen LogP) is 2.93. The third-order valence-corrected chi connectivity index (χ3v) is 7.66. The van der Waals surface area contributed by atoms with Crippen molar-refractivity contribution < 1.29 is 14.9 Å². The maximum absolute atomic E-state index is 10.2. The molecule has 6 nitrogen and oxygen atoms in total. The summed E-state index contributed by atoms with van der Waals surface area (Å²) in [6.45, 7) is 4.54. The lowest BCUT2D eigenvalue weighted by atomic mass is 9.54. The Morgan fingerprint density at radius 3 is 2.30 bits per heavy atom. The number of aromatic amines is 1. The van der Waals surface area contributed by atoms with Crippen LogP contribution in [0.2, 0.25) is 0 Å². The Balaban J connectivity index is 1.54. The Morgan fingerprint density at radius 1 is 1.00 bits per heavy atom. The van der Waals surface area contributed by atoms with Crippen molar-refractivity contribution in [3.63, 3.8) is 0 Å². The number of aliphatic hydroxyl groups is 2. The monoisotopic (exact) mass is 371 g/mol. The van der Waals surface area contributed by atoms with Crippen LogP contribution < -0.4 is 4.68 Å². The van der Waals surface area contributed by atoms with E-state index in [1.807, 2.05) is 18.2 Å². The van der Waals surface area contributed by atoms with E-state index in [1.165, 1.54) is 0 Å². The number of hydrogen-bond acceptors (Lipinski definition) is 4. The first-order valence-corrected chi connectivity index (χ1v) is 10.1. The fraction of sp³-hybridized carbons (Fsp3) is 0.667. The van der Waals surface area contributed by atoms with Crippen molar-refractivity contribution in [2.75, 3.05) is 0 Å². The average Bonchev–Trinajstić information content (AvgIpc) is 3.36. The van der Waals surface area contributed by atoms with Crippen molar-refractivity contribution in [2.45, 2.75) is 77.0 Å². The summed E-state index contributed by atoms with van der Waals surface area (Å²) in [6, 6.07) is 5.84. The topological polar surface area (TPSA) is 85.9 Å². The zero-order valence-corrected chi connectivity index (χ0v) is 16.4. The van der Waals surface area contributed by atoms with Crippen LogP contribution in [-0.2, 0) is 5.54 Å². The minimum Gasteiger partial charge on any atom is -0.368 e. The summed E-state index contributed by atoms with van der Waals surface area (Å²) in [5, 5.41) is 28.1. The molecule has 2 heterocycles. The minimum absolute atomic E-state index is 0.0262. The van der Waals surface area contributed by atoms with Crippen molar-refractivity contribution >= 4 is 0 Å². The highest BCUT2D eigenvalue weighted by molar-refractivity contribution is 5.50. The third-order valence-electron chi connectivity index (χ3n) is 7.66. The maximum atomic E-state index is 10.2. The molecule has 3 N–H and O–H groups in total. The van der Waals surface area contributed by atoms with E-state index in [0.717, 1.165) is 62.8 Å². The second-order valence-corrected chi connectivity index (χ2v) is 9.11. The molecule has 2 aromatic heterocycles. The Bertz CT molecular complexity index is 772. The first-order chi connectivity index (χ1) is 12.9. The Labute approximate surface area is 160 Å². The van der Waals surface area contributed by atoms with Crippen molar-refractivity contribution in [1.29, 1.82) is 0 Å². The second-order valence-electron chi connectivity index (χ2n) is 9.11. The van der Waals surface area contributed by atoms with Crippen molar-refractivity contribution in [2.24, 2.45) is 10.8 Å². The van der Waals surface area contributed by atoms with E-state index in [1.54, 1.807) is 6.20 Å². The average molecular weight is 372 g/mol. The Hall–Kier alpha value is -1.79. The number of nitrogens with one attached hydrogen (secondary N) is 1. The lowest BCUT2D eigenvalue weighted by Crippen LogP contribution is -2.60. The molecular weight excluding hydrogens is 340 g/mol.